The molecule has 0 bridgehead atoms. The van der Waals surface area contributed by atoms with Gasteiger partial charge in [0, 0.05) is 38.8 Å². The number of carbonyl (C=O) groups excluding carboxylic acids is 1. The standard InChI is InChI=1S/C30H40N6O4S2/c1-21-20-36(14-13-34(21)2)42(38,39)24-9-7-23(8-10-24)25(19-22-5-3-4-6-22)28(37)33-30-31-26-11-12-27(32-29(26)41-30)35-15-17-40-18-16-35/h7-12,21-22,25H,3-6,13-20H2,1-2H3,(H,31,33,37). The van der Waals surface area contributed by atoms with Gasteiger partial charge in [0.15, 0.2) is 5.13 Å². The zero-order chi connectivity index (χ0) is 29.3. The third-order valence-corrected chi connectivity index (χ3v) is 11.8. The van der Waals surface area contributed by atoms with Gasteiger partial charge in [0.25, 0.3) is 0 Å². The van der Waals surface area contributed by atoms with E-state index < -0.39 is 15.9 Å². The summed E-state index contributed by atoms with van der Waals surface area (Å²) in [6.45, 7) is 6.68. The Hall–Kier alpha value is -2.64. The zero-order valence-corrected chi connectivity index (χ0v) is 26.0. The molecule has 1 amide bonds. The van der Waals surface area contributed by atoms with Gasteiger partial charge in [0.2, 0.25) is 15.9 Å². The van der Waals surface area contributed by atoms with Crippen LogP contribution in [0.15, 0.2) is 41.3 Å². The van der Waals surface area contributed by atoms with Gasteiger partial charge in [-0.1, -0.05) is 49.2 Å². The molecular formula is C30H40N6O4S2. The first kappa shape index (κ1) is 29.4. The molecule has 3 fully saturated rings. The van der Waals surface area contributed by atoms with Crippen LogP contribution >= 0.6 is 11.3 Å². The number of fused-ring (bicyclic) bond motifs is 1. The molecule has 2 saturated heterocycles. The molecule has 12 heteroatoms. The van der Waals surface area contributed by atoms with Crippen LogP contribution in [0.2, 0.25) is 0 Å². The second kappa shape index (κ2) is 12.5. The summed E-state index contributed by atoms with van der Waals surface area (Å²) >= 11 is 1.38. The Bertz CT molecular complexity index is 1500. The van der Waals surface area contributed by atoms with Crippen LogP contribution in [-0.2, 0) is 19.6 Å². The third-order valence-electron chi connectivity index (χ3n) is 9.01. The largest absolute Gasteiger partial charge is 0.378 e. The number of hydrogen-bond donors (Lipinski definition) is 1. The van der Waals surface area contributed by atoms with Crippen molar-refractivity contribution >= 4 is 48.6 Å². The van der Waals surface area contributed by atoms with Gasteiger partial charge in [-0.25, -0.2) is 18.4 Å². The fourth-order valence-corrected chi connectivity index (χ4v) is 8.60. The highest BCUT2D eigenvalue weighted by atomic mass is 32.2. The predicted octanol–water partition coefficient (Wildman–Crippen LogP) is 4.16. The number of aromatic nitrogens is 2. The second-order valence-corrected chi connectivity index (χ2v) is 14.7. The quantitative estimate of drug-likeness (QED) is 0.404. The first-order valence-electron chi connectivity index (χ1n) is 15.0. The van der Waals surface area contributed by atoms with E-state index >= 15 is 0 Å². The van der Waals surface area contributed by atoms with Gasteiger partial charge in [-0.15, -0.1) is 0 Å². The first-order valence-corrected chi connectivity index (χ1v) is 17.2. The summed E-state index contributed by atoms with van der Waals surface area (Å²) in [5, 5.41) is 3.60. The Morgan fingerprint density at radius 1 is 1.05 bits per heavy atom. The lowest BCUT2D eigenvalue weighted by molar-refractivity contribution is -0.118. The normalized spacial score (nSPS) is 22.0. The van der Waals surface area contributed by atoms with Gasteiger partial charge in [-0.05, 0) is 56.1 Å². The molecule has 226 valence electrons. The van der Waals surface area contributed by atoms with Crippen LogP contribution < -0.4 is 10.2 Å². The van der Waals surface area contributed by atoms with E-state index in [1.165, 1.54) is 24.2 Å². The molecular weight excluding hydrogens is 573 g/mol. The van der Waals surface area contributed by atoms with Crippen molar-refractivity contribution in [2.45, 2.75) is 55.9 Å². The minimum Gasteiger partial charge on any atom is -0.378 e. The van der Waals surface area contributed by atoms with Crippen molar-refractivity contribution in [3.05, 3.63) is 42.0 Å². The maximum atomic E-state index is 13.8. The molecule has 10 nitrogen and oxygen atoms in total. The van der Waals surface area contributed by atoms with Crippen LogP contribution in [-0.4, -0.2) is 92.5 Å². The molecule has 1 N–H and O–H groups in total. The molecule has 4 heterocycles. The number of morpholine rings is 1. The van der Waals surface area contributed by atoms with Gasteiger partial charge in [0.1, 0.15) is 16.2 Å². The number of nitrogens with zero attached hydrogens (tertiary/aromatic N) is 5. The van der Waals surface area contributed by atoms with Crippen molar-refractivity contribution in [2.75, 3.05) is 63.2 Å². The topological polar surface area (TPSA) is 108 Å². The predicted molar refractivity (Wildman–Crippen MR) is 166 cm³/mol. The lowest BCUT2D eigenvalue weighted by Gasteiger charge is -2.36. The Morgan fingerprint density at radius 2 is 1.79 bits per heavy atom. The number of rotatable bonds is 8. The Labute approximate surface area is 252 Å². The molecule has 2 aromatic heterocycles. The van der Waals surface area contributed by atoms with Gasteiger partial charge in [-0.3, -0.25) is 4.79 Å². The number of amides is 1. The molecule has 0 spiro atoms. The molecule has 2 aliphatic heterocycles. The summed E-state index contributed by atoms with van der Waals surface area (Å²) < 4.78 is 33.8. The van der Waals surface area contributed by atoms with E-state index in [2.05, 4.69) is 20.1 Å². The molecule has 1 aromatic carbocycles. The average molecular weight is 613 g/mol. The van der Waals surface area contributed by atoms with Gasteiger partial charge in [0.05, 0.1) is 24.0 Å². The summed E-state index contributed by atoms with van der Waals surface area (Å²) in [6.07, 6.45) is 5.35. The number of benzene rings is 1. The summed E-state index contributed by atoms with van der Waals surface area (Å²) in [7, 11) is -1.58. The number of likely N-dealkylation sites (N-methyl/N-ethyl adjacent to an activating group) is 1. The van der Waals surface area contributed by atoms with E-state index in [-0.39, 0.29) is 16.8 Å². The fraction of sp³-hybridized carbons (Fsp3) is 0.567. The minimum absolute atomic E-state index is 0.113. The van der Waals surface area contributed by atoms with Crippen molar-refractivity contribution in [2.24, 2.45) is 5.92 Å². The van der Waals surface area contributed by atoms with Gasteiger partial charge in [-0.2, -0.15) is 4.31 Å². The van der Waals surface area contributed by atoms with E-state index in [9.17, 15) is 13.2 Å². The molecule has 2 atom stereocenters. The number of sulfonamides is 1. The van der Waals surface area contributed by atoms with E-state index in [0.717, 1.165) is 54.1 Å². The van der Waals surface area contributed by atoms with Crippen LogP contribution in [0.3, 0.4) is 0 Å². The Balaban J connectivity index is 1.20. The number of hydrogen-bond acceptors (Lipinski definition) is 9. The monoisotopic (exact) mass is 612 g/mol. The van der Waals surface area contributed by atoms with Crippen molar-refractivity contribution in [1.29, 1.82) is 0 Å². The molecule has 2 unspecified atom stereocenters. The summed E-state index contributed by atoms with van der Waals surface area (Å²) in [6, 6.07) is 11.1. The van der Waals surface area contributed by atoms with E-state index in [4.69, 9.17) is 9.72 Å². The van der Waals surface area contributed by atoms with E-state index in [1.54, 1.807) is 16.4 Å². The average Bonchev–Trinajstić information content (AvgIpc) is 3.67. The van der Waals surface area contributed by atoms with Crippen molar-refractivity contribution in [3.8, 4) is 0 Å². The maximum Gasteiger partial charge on any atom is 0.243 e. The van der Waals surface area contributed by atoms with Crippen LogP contribution in [0.5, 0.6) is 0 Å². The number of thiazole rings is 1. The summed E-state index contributed by atoms with van der Waals surface area (Å²) in [5.74, 6) is 0.867. The molecule has 42 heavy (non-hydrogen) atoms. The van der Waals surface area contributed by atoms with Crippen LogP contribution in [0.25, 0.3) is 10.3 Å². The number of ether oxygens (including phenoxy) is 1. The van der Waals surface area contributed by atoms with Gasteiger partial charge < -0.3 is 19.9 Å². The smallest absolute Gasteiger partial charge is 0.243 e. The zero-order valence-electron chi connectivity index (χ0n) is 24.4. The molecule has 1 saturated carbocycles. The number of carbonyl (C=O) groups is 1. The third kappa shape index (κ3) is 6.33. The lowest BCUT2D eigenvalue weighted by atomic mass is 9.87. The van der Waals surface area contributed by atoms with Gasteiger partial charge >= 0.3 is 0 Å². The minimum atomic E-state index is -3.60. The lowest BCUT2D eigenvalue weighted by Crippen LogP contribution is -2.51. The van der Waals surface area contributed by atoms with Crippen molar-refractivity contribution in [3.63, 3.8) is 0 Å². The Morgan fingerprint density at radius 3 is 2.50 bits per heavy atom. The SMILES string of the molecule is CC1CN(S(=O)(=O)c2ccc(C(CC3CCCC3)C(=O)Nc3nc4ccc(N5CCOCC5)nc4s3)cc2)CCN1C. The first-order chi connectivity index (χ1) is 20.3. The molecule has 6 rings (SSSR count). The van der Waals surface area contributed by atoms with Crippen LogP contribution in [0, 0.1) is 5.92 Å². The van der Waals surface area contributed by atoms with E-state index in [0.29, 0.717) is 43.9 Å². The molecule has 1 aliphatic carbocycles. The molecule has 3 aromatic rings. The molecule has 3 aliphatic rings. The number of anilines is 2. The highest BCUT2D eigenvalue weighted by molar-refractivity contribution is 7.89. The highest BCUT2D eigenvalue weighted by Crippen LogP contribution is 2.36. The maximum absolute atomic E-state index is 13.8. The summed E-state index contributed by atoms with van der Waals surface area (Å²) in [5.41, 5.74) is 1.59. The van der Waals surface area contributed by atoms with Crippen molar-refractivity contribution < 1.29 is 17.9 Å². The van der Waals surface area contributed by atoms with Crippen LogP contribution in [0.4, 0.5) is 10.9 Å². The second-order valence-electron chi connectivity index (χ2n) is 11.8. The number of pyridine rings is 1. The van der Waals surface area contributed by atoms with E-state index in [1.807, 2.05) is 38.2 Å². The fourth-order valence-electron chi connectivity index (χ4n) is 6.25. The number of piperazine rings is 1. The number of nitrogens with one attached hydrogen (secondary N) is 1. The van der Waals surface area contributed by atoms with Crippen molar-refractivity contribution in [1.82, 2.24) is 19.2 Å². The van der Waals surface area contributed by atoms with Crippen LogP contribution in [0.1, 0.15) is 50.5 Å². The Kier molecular flexibility index (Phi) is 8.78. The molecule has 0 radical (unpaired) electrons. The highest BCUT2D eigenvalue weighted by Gasteiger charge is 2.32. The summed E-state index contributed by atoms with van der Waals surface area (Å²) in [4.78, 5) is 28.7.